The summed E-state index contributed by atoms with van der Waals surface area (Å²) in [6, 6.07) is 7.13. The predicted molar refractivity (Wildman–Crippen MR) is 85.2 cm³/mol. The molecule has 0 saturated heterocycles. The van der Waals surface area contributed by atoms with Gasteiger partial charge in [0.1, 0.15) is 0 Å². The van der Waals surface area contributed by atoms with E-state index in [2.05, 4.69) is 5.32 Å². The Bertz CT molecular complexity index is 503. The number of rotatable bonds is 7. The largest absolute Gasteiger partial charge is 0.345 e. The number of likely N-dealkylation sites (N-methyl/N-ethyl adjacent to an activating group) is 1. The van der Waals surface area contributed by atoms with Gasteiger partial charge in [-0.15, -0.1) is 0 Å². The van der Waals surface area contributed by atoms with E-state index in [0.29, 0.717) is 11.6 Å². The predicted octanol–water partition coefficient (Wildman–Crippen LogP) is 2.50. The molecule has 0 radical (unpaired) electrons. The van der Waals surface area contributed by atoms with Crippen LogP contribution in [0.1, 0.15) is 26.3 Å². The number of amides is 1. The summed E-state index contributed by atoms with van der Waals surface area (Å²) in [5.74, 6) is -0.0918. The van der Waals surface area contributed by atoms with E-state index in [1.807, 2.05) is 50.1 Å². The van der Waals surface area contributed by atoms with Gasteiger partial charge in [-0.05, 0) is 31.5 Å². The number of carbonyl (C=O) groups excluding carboxylic acids is 2. The number of hydrogen-bond acceptors (Lipinski definition) is 3. The minimum Gasteiger partial charge on any atom is -0.345 e. The fourth-order valence-corrected chi connectivity index (χ4v) is 2.37. The first-order valence-electron chi connectivity index (χ1n) is 7.03. The molecule has 1 atom stereocenters. The highest BCUT2D eigenvalue weighted by Gasteiger charge is 2.21. The van der Waals surface area contributed by atoms with Gasteiger partial charge in [0.05, 0.1) is 12.6 Å². The van der Waals surface area contributed by atoms with Crippen molar-refractivity contribution in [1.82, 2.24) is 10.2 Å². The maximum absolute atomic E-state index is 12.0. The third kappa shape index (κ3) is 5.86. The van der Waals surface area contributed by atoms with Crippen LogP contribution in [0.15, 0.2) is 24.3 Å². The molecule has 0 aliphatic heterocycles. The van der Waals surface area contributed by atoms with Crippen LogP contribution >= 0.6 is 11.6 Å². The summed E-state index contributed by atoms with van der Waals surface area (Å²) in [5, 5.41) is 3.47. The van der Waals surface area contributed by atoms with E-state index >= 15 is 0 Å². The first kappa shape index (κ1) is 17.7. The van der Waals surface area contributed by atoms with E-state index in [0.717, 1.165) is 5.56 Å². The lowest BCUT2D eigenvalue weighted by Crippen LogP contribution is -2.46. The van der Waals surface area contributed by atoms with E-state index in [1.165, 1.54) is 6.92 Å². The van der Waals surface area contributed by atoms with Crippen molar-refractivity contribution in [2.45, 2.75) is 33.4 Å². The number of Topliss-reactive ketones (excluding diaryl/α,β-unsaturated/α-hetero) is 1. The van der Waals surface area contributed by atoms with Crippen molar-refractivity contribution in [3.8, 4) is 0 Å². The van der Waals surface area contributed by atoms with E-state index < -0.39 is 6.04 Å². The van der Waals surface area contributed by atoms with Gasteiger partial charge in [0, 0.05) is 11.6 Å². The van der Waals surface area contributed by atoms with Gasteiger partial charge in [0.2, 0.25) is 5.91 Å². The molecule has 1 unspecified atom stereocenters. The Kier molecular flexibility index (Phi) is 6.85. The fraction of sp³-hybridized carbons (Fsp3) is 0.500. The van der Waals surface area contributed by atoms with Gasteiger partial charge in [-0.25, -0.2) is 0 Å². The van der Waals surface area contributed by atoms with Crippen molar-refractivity contribution < 1.29 is 9.59 Å². The molecule has 0 fully saturated rings. The third-order valence-electron chi connectivity index (χ3n) is 3.23. The number of nitrogens with zero attached hydrogens (tertiary/aromatic N) is 1. The summed E-state index contributed by atoms with van der Waals surface area (Å²) in [4.78, 5) is 25.4. The highest BCUT2D eigenvalue weighted by molar-refractivity contribution is 6.31. The maximum atomic E-state index is 12.0. The molecule has 1 N–H and O–H groups in total. The monoisotopic (exact) mass is 310 g/mol. The Morgan fingerprint density at radius 3 is 2.43 bits per heavy atom. The number of hydrogen-bond donors (Lipinski definition) is 1. The minimum absolute atomic E-state index is 0.0212. The lowest BCUT2D eigenvalue weighted by molar-refractivity contribution is -0.128. The number of halogens is 1. The van der Waals surface area contributed by atoms with Gasteiger partial charge in [0.25, 0.3) is 0 Å². The van der Waals surface area contributed by atoms with Crippen molar-refractivity contribution in [3.05, 3.63) is 34.9 Å². The SMILES string of the molecule is CC(=O)C(NC(=O)CN(C)Cc1ccccc1Cl)C(C)C. The molecule has 4 nitrogen and oxygen atoms in total. The first-order valence-corrected chi connectivity index (χ1v) is 7.40. The Balaban J connectivity index is 2.54. The van der Waals surface area contributed by atoms with Gasteiger partial charge < -0.3 is 5.32 Å². The third-order valence-corrected chi connectivity index (χ3v) is 3.60. The molecule has 0 aliphatic carbocycles. The summed E-state index contributed by atoms with van der Waals surface area (Å²) < 4.78 is 0. The zero-order valence-electron chi connectivity index (χ0n) is 13.0. The molecule has 1 rings (SSSR count). The van der Waals surface area contributed by atoms with Gasteiger partial charge >= 0.3 is 0 Å². The maximum Gasteiger partial charge on any atom is 0.234 e. The van der Waals surface area contributed by atoms with Crippen LogP contribution in [0.3, 0.4) is 0 Å². The van der Waals surface area contributed by atoms with Crippen molar-refractivity contribution in [1.29, 1.82) is 0 Å². The van der Waals surface area contributed by atoms with Crippen molar-refractivity contribution >= 4 is 23.3 Å². The molecule has 5 heteroatoms. The van der Waals surface area contributed by atoms with Gasteiger partial charge in [-0.2, -0.15) is 0 Å². The molecule has 0 heterocycles. The van der Waals surface area contributed by atoms with E-state index in [1.54, 1.807) is 0 Å². The summed E-state index contributed by atoms with van der Waals surface area (Å²) in [6.45, 7) is 6.14. The van der Waals surface area contributed by atoms with Crippen LogP contribution in [0, 0.1) is 5.92 Å². The average molecular weight is 311 g/mol. The summed E-state index contributed by atoms with van der Waals surface area (Å²) in [7, 11) is 1.85. The number of nitrogens with one attached hydrogen (secondary N) is 1. The van der Waals surface area contributed by atoms with Gasteiger partial charge in [-0.1, -0.05) is 43.6 Å². The lowest BCUT2D eigenvalue weighted by Gasteiger charge is -2.22. The molecule has 1 aromatic rings. The standard InChI is InChI=1S/C16H23ClN2O2/c1-11(2)16(12(3)20)18-15(21)10-19(4)9-13-7-5-6-8-14(13)17/h5-8,11,16H,9-10H2,1-4H3,(H,18,21). The summed E-state index contributed by atoms with van der Waals surface area (Å²) in [6.07, 6.45) is 0. The molecule has 1 aromatic carbocycles. The highest BCUT2D eigenvalue weighted by atomic mass is 35.5. The van der Waals surface area contributed by atoms with E-state index in [9.17, 15) is 9.59 Å². The van der Waals surface area contributed by atoms with Crippen molar-refractivity contribution in [2.75, 3.05) is 13.6 Å². The van der Waals surface area contributed by atoms with Gasteiger partial charge in [0.15, 0.2) is 5.78 Å². The molecule has 0 aliphatic rings. The topological polar surface area (TPSA) is 49.4 Å². The van der Waals surface area contributed by atoms with Crippen LogP contribution in [-0.2, 0) is 16.1 Å². The Morgan fingerprint density at radius 2 is 1.90 bits per heavy atom. The molecular weight excluding hydrogens is 288 g/mol. The second kappa shape index (κ2) is 8.15. The molecular formula is C16H23ClN2O2. The highest BCUT2D eigenvalue weighted by Crippen LogP contribution is 2.16. The molecule has 1 amide bonds. The van der Waals surface area contributed by atoms with E-state index in [-0.39, 0.29) is 24.2 Å². The van der Waals surface area contributed by atoms with Crippen LogP contribution in [0.4, 0.5) is 0 Å². The van der Waals surface area contributed by atoms with Gasteiger partial charge in [-0.3, -0.25) is 14.5 Å². The second-order valence-corrected chi connectivity index (χ2v) is 6.07. The smallest absolute Gasteiger partial charge is 0.234 e. The Morgan fingerprint density at radius 1 is 1.29 bits per heavy atom. The zero-order valence-corrected chi connectivity index (χ0v) is 13.8. The summed E-state index contributed by atoms with van der Waals surface area (Å²) >= 11 is 6.10. The summed E-state index contributed by atoms with van der Waals surface area (Å²) in [5.41, 5.74) is 0.974. The van der Waals surface area contributed by atoms with Crippen LogP contribution in [0.2, 0.25) is 5.02 Å². The second-order valence-electron chi connectivity index (χ2n) is 5.66. The fourth-order valence-electron chi connectivity index (χ4n) is 2.18. The minimum atomic E-state index is -0.425. The molecule has 21 heavy (non-hydrogen) atoms. The van der Waals surface area contributed by atoms with Crippen molar-refractivity contribution in [3.63, 3.8) is 0 Å². The zero-order chi connectivity index (χ0) is 16.0. The number of ketones is 1. The normalized spacial score (nSPS) is 12.5. The first-order chi connectivity index (χ1) is 9.81. The quantitative estimate of drug-likeness (QED) is 0.842. The molecule has 0 spiro atoms. The lowest BCUT2D eigenvalue weighted by atomic mass is 10.0. The molecule has 116 valence electrons. The average Bonchev–Trinajstić information content (AvgIpc) is 2.38. The Hall–Kier alpha value is -1.39. The number of benzene rings is 1. The van der Waals surface area contributed by atoms with Crippen LogP contribution < -0.4 is 5.32 Å². The molecule has 0 aromatic heterocycles. The Labute approximate surface area is 131 Å². The molecule has 0 saturated carbocycles. The van der Waals surface area contributed by atoms with Crippen molar-refractivity contribution in [2.24, 2.45) is 5.92 Å². The van der Waals surface area contributed by atoms with Crippen LogP contribution in [0.25, 0.3) is 0 Å². The molecule has 0 bridgehead atoms. The van der Waals surface area contributed by atoms with Crippen LogP contribution in [0.5, 0.6) is 0 Å². The van der Waals surface area contributed by atoms with E-state index in [4.69, 9.17) is 11.6 Å². The van der Waals surface area contributed by atoms with Crippen LogP contribution in [-0.4, -0.2) is 36.2 Å². The number of carbonyl (C=O) groups is 2.